The summed E-state index contributed by atoms with van der Waals surface area (Å²) in [4.78, 5) is 0. The van der Waals surface area contributed by atoms with Crippen LogP contribution < -0.4 is 10.5 Å². The first-order valence-electron chi connectivity index (χ1n) is 4.64. The van der Waals surface area contributed by atoms with E-state index in [1.807, 2.05) is 13.8 Å². The van der Waals surface area contributed by atoms with E-state index in [4.69, 9.17) is 10.5 Å². The summed E-state index contributed by atoms with van der Waals surface area (Å²) in [6, 6.07) is 3.08. The third-order valence-corrected chi connectivity index (χ3v) is 2.59. The number of nitrogens with two attached hydrogens (primary N) is 1. The minimum Gasteiger partial charge on any atom is -0.496 e. The third-order valence-electron chi connectivity index (χ3n) is 1.97. The molecule has 0 aliphatic carbocycles. The van der Waals surface area contributed by atoms with Gasteiger partial charge in [0, 0.05) is 5.54 Å². The Labute approximate surface area is 97.7 Å². The summed E-state index contributed by atoms with van der Waals surface area (Å²) in [6.45, 7) is 3.72. The van der Waals surface area contributed by atoms with Crippen LogP contribution in [0.25, 0.3) is 0 Å². The molecule has 0 aromatic heterocycles. The lowest BCUT2D eigenvalue weighted by molar-refractivity contribution is 0.408. The fourth-order valence-corrected chi connectivity index (χ4v) is 1.83. The Bertz CT molecular complexity index is 360. The van der Waals surface area contributed by atoms with Crippen molar-refractivity contribution in [3.05, 3.63) is 28.0 Å². The van der Waals surface area contributed by atoms with E-state index < -0.39 is 5.54 Å². The predicted molar refractivity (Wildman–Crippen MR) is 62.6 cm³/mol. The van der Waals surface area contributed by atoms with Crippen molar-refractivity contribution < 1.29 is 9.13 Å². The normalized spacial score (nSPS) is 11.6. The second kappa shape index (κ2) is 4.49. The standard InChI is InChI=1S/C11H15BrFNO/c1-11(2,14)6-7-4-10(15-3)8(12)5-9(7)13/h4-5H,6,14H2,1-3H3. The molecule has 0 amide bonds. The van der Waals surface area contributed by atoms with Gasteiger partial charge in [-0.1, -0.05) is 0 Å². The molecule has 0 spiro atoms. The van der Waals surface area contributed by atoms with Crippen LogP contribution in [-0.4, -0.2) is 12.6 Å². The highest BCUT2D eigenvalue weighted by atomic mass is 79.9. The van der Waals surface area contributed by atoms with E-state index in [1.54, 1.807) is 13.2 Å². The van der Waals surface area contributed by atoms with Gasteiger partial charge < -0.3 is 10.5 Å². The van der Waals surface area contributed by atoms with Crippen LogP contribution in [0.15, 0.2) is 16.6 Å². The summed E-state index contributed by atoms with van der Waals surface area (Å²) >= 11 is 3.22. The fraction of sp³-hybridized carbons (Fsp3) is 0.455. The summed E-state index contributed by atoms with van der Waals surface area (Å²) in [6.07, 6.45) is 0.475. The maximum atomic E-state index is 13.6. The Morgan fingerprint density at radius 2 is 2.07 bits per heavy atom. The zero-order chi connectivity index (χ0) is 11.6. The van der Waals surface area contributed by atoms with Gasteiger partial charge in [-0.2, -0.15) is 0 Å². The number of ether oxygens (including phenoxy) is 1. The van der Waals surface area contributed by atoms with Gasteiger partial charge in [0.05, 0.1) is 11.6 Å². The molecule has 0 saturated carbocycles. The van der Waals surface area contributed by atoms with E-state index in [0.29, 0.717) is 22.2 Å². The lowest BCUT2D eigenvalue weighted by Gasteiger charge is -2.19. The van der Waals surface area contributed by atoms with Crippen LogP contribution in [0.5, 0.6) is 5.75 Å². The second-order valence-corrected chi connectivity index (χ2v) is 5.10. The molecule has 0 aliphatic heterocycles. The number of hydrogen-bond acceptors (Lipinski definition) is 2. The lowest BCUT2D eigenvalue weighted by Crippen LogP contribution is -2.34. The minimum atomic E-state index is -0.431. The molecule has 0 fully saturated rings. The van der Waals surface area contributed by atoms with Gasteiger partial charge in [0.2, 0.25) is 0 Å². The van der Waals surface area contributed by atoms with Crippen LogP contribution in [0.3, 0.4) is 0 Å². The van der Waals surface area contributed by atoms with Crippen LogP contribution in [0.2, 0.25) is 0 Å². The lowest BCUT2D eigenvalue weighted by atomic mass is 9.96. The van der Waals surface area contributed by atoms with E-state index >= 15 is 0 Å². The molecule has 0 saturated heterocycles. The highest BCUT2D eigenvalue weighted by Gasteiger charge is 2.16. The van der Waals surface area contributed by atoms with Gasteiger partial charge in [-0.3, -0.25) is 0 Å². The zero-order valence-corrected chi connectivity index (χ0v) is 10.7. The Hall–Kier alpha value is -0.610. The van der Waals surface area contributed by atoms with Crippen molar-refractivity contribution in [3.8, 4) is 5.75 Å². The van der Waals surface area contributed by atoms with Crippen molar-refractivity contribution in [1.29, 1.82) is 0 Å². The topological polar surface area (TPSA) is 35.2 Å². The first kappa shape index (κ1) is 12.5. The Morgan fingerprint density at radius 1 is 1.47 bits per heavy atom. The summed E-state index contributed by atoms with van der Waals surface area (Å²) in [5.41, 5.74) is 5.99. The molecule has 2 N–H and O–H groups in total. The predicted octanol–water partition coefficient (Wildman–Crippen LogP) is 2.88. The van der Waals surface area contributed by atoms with Crippen molar-refractivity contribution in [2.24, 2.45) is 5.73 Å². The number of methoxy groups -OCH3 is 1. The van der Waals surface area contributed by atoms with Gasteiger partial charge in [0.15, 0.2) is 0 Å². The van der Waals surface area contributed by atoms with Crippen molar-refractivity contribution in [1.82, 2.24) is 0 Å². The van der Waals surface area contributed by atoms with Crippen LogP contribution >= 0.6 is 15.9 Å². The molecular formula is C11H15BrFNO. The number of hydrogen-bond donors (Lipinski definition) is 1. The SMILES string of the molecule is COc1cc(CC(C)(C)N)c(F)cc1Br. The minimum absolute atomic E-state index is 0.263. The molecule has 84 valence electrons. The van der Waals surface area contributed by atoms with Crippen LogP contribution in [0, 0.1) is 5.82 Å². The van der Waals surface area contributed by atoms with Crippen LogP contribution in [-0.2, 0) is 6.42 Å². The molecule has 0 radical (unpaired) electrons. The first-order chi connectivity index (χ1) is 6.83. The number of halogens is 2. The smallest absolute Gasteiger partial charge is 0.133 e. The van der Waals surface area contributed by atoms with Crippen molar-refractivity contribution >= 4 is 15.9 Å². The quantitative estimate of drug-likeness (QED) is 0.921. The van der Waals surface area contributed by atoms with Crippen molar-refractivity contribution in [2.45, 2.75) is 25.8 Å². The molecule has 1 aromatic rings. The molecule has 0 unspecified atom stereocenters. The second-order valence-electron chi connectivity index (χ2n) is 4.24. The fourth-order valence-electron chi connectivity index (χ4n) is 1.35. The number of benzene rings is 1. The van der Waals surface area contributed by atoms with Crippen LogP contribution in [0.1, 0.15) is 19.4 Å². The molecule has 2 nitrogen and oxygen atoms in total. The van der Waals surface area contributed by atoms with E-state index in [-0.39, 0.29) is 5.82 Å². The monoisotopic (exact) mass is 275 g/mol. The molecule has 1 rings (SSSR count). The summed E-state index contributed by atoms with van der Waals surface area (Å²) in [7, 11) is 1.55. The molecular weight excluding hydrogens is 261 g/mol. The molecule has 15 heavy (non-hydrogen) atoms. The third kappa shape index (κ3) is 3.47. The van der Waals surface area contributed by atoms with E-state index in [1.165, 1.54) is 6.07 Å². The molecule has 0 heterocycles. The maximum Gasteiger partial charge on any atom is 0.133 e. The summed E-state index contributed by atoms with van der Waals surface area (Å²) in [5, 5.41) is 0. The largest absolute Gasteiger partial charge is 0.496 e. The van der Waals surface area contributed by atoms with Gasteiger partial charge in [-0.25, -0.2) is 4.39 Å². The highest BCUT2D eigenvalue weighted by molar-refractivity contribution is 9.10. The van der Waals surface area contributed by atoms with Gasteiger partial charge in [-0.15, -0.1) is 0 Å². The molecule has 0 atom stereocenters. The Kier molecular flexibility index (Phi) is 3.73. The number of rotatable bonds is 3. The van der Waals surface area contributed by atoms with Crippen molar-refractivity contribution in [3.63, 3.8) is 0 Å². The molecule has 4 heteroatoms. The Morgan fingerprint density at radius 3 is 2.53 bits per heavy atom. The molecule has 0 aliphatic rings. The van der Waals surface area contributed by atoms with E-state index in [2.05, 4.69) is 15.9 Å². The maximum absolute atomic E-state index is 13.6. The summed E-state index contributed by atoms with van der Waals surface area (Å²) < 4.78 is 19.3. The summed E-state index contributed by atoms with van der Waals surface area (Å²) in [5.74, 6) is 0.358. The van der Waals surface area contributed by atoms with E-state index in [9.17, 15) is 4.39 Å². The van der Waals surface area contributed by atoms with Gasteiger partial charge in [0.1, 0.15) is 11.6 Å². The molecule has 0 bridgehead atoms. The van der Waals surface area contributed by atoms with E-state index in [0.717, 1.165) is 0 Å². The van der Waals surface area contributed by atoms with Crippen LogP contribution in [0.4, 0.5) is 4.39 Å². The van der Waals surface area contributed by atoms with Gasteiger partial charge >= 0.3 is 0 Å². The first-order valence-corrected chi connectivity index (χ1v) is 5.43. The average molecular weight is 276 g/mol. The highest BCUT2D eigenvalue weighted by Crippen LogP contribution is 2.29. The van der Waals surface area contributed by atoms with Crippen molar-refractivity contribution in [2.75, 3.05) is 7.11 Å². The molecule has 1 aromatic carbocycles. The van der Waals surface area contributed by atoms with Gasteiger partial charge in [0.25, 0.3) is 0 Å². The average Bonchev–Trinajstić information content (AvgIpc) is 2.07. The van der Waals surface area contributed by atoms with Gasteiger partial charge in [-0.05, 0) is 53.9 Å². The zero-order valence-electron chi connectivity index (χ0n) is 9.10. The Balaban J connectivity index is 3.08.